The molecular weight excluding hydrogens is 238 g/mol. The average Bonchev–Trinajstić information content (AvgIpc) is 2.97. The Morgan fingerprint density at radius 1 is 1.37 bits per heavy atom. The van der Waals surface area contributed by atoms with E-state index in [0.717, 1.165) is 31.0 Å². The van der Waals surface area contributed by atoms with Crippen LogP contribution in [-0.2, 0) is 13.0 Å². The van der Waals surface area contributed by atoms with Crippen LogP contribution in [0.3, 0.4) is 0 Å². The van der Waals surface area contributed by atoms with Crippen molar-refractivity contribution in [1.29, 1.82) is 0 Å². The molecule has 0 amide bonds. The van der Waals surface area contributed by atoms with Gasteiger partial charge in [0.05, 0.1) is 6.54 Å². The Morgan fingerprint density at radius 2 is 2.21 bits per heavy atom. The predicted molar refractivity (Wildman–Crippen MR) is 76.0 cm³/mol. The van der Waals surface area contributed by atoms with Gasteiger partial charge in [-0.05, 0) is 44.0 Å². The lowest BCUT2D eigenvalue weighted by Crippen LogP contribution is -2.23. The molecule has 0 saturated carbocycles. The third kappa shape index (κ3) is 2.16. The number of fused-ring (bicyclic) bond motifs is 1. The van der Waals surface area contributed by atoms with Gasteiger partial charge in [0.2, 0.25) is 0 Å². The first-order valence-corrected chi connectivity index (χ1v) is 6.67. The van der Waals surface area contributed by atoms with E-state index in [0.29, 0.717) is 6.04 Å². The molecule has 0 saturated heterocycles. The fraction of sp³-hybridized carbons (Fsp3) is 0.429. The number of nitrogens with zero attached hydrogens (tertiary/aromatic N) is 4. The van der Waals surface area contributed by atoms with Crippen molar-refractivity contribution in [2.45, 2.75) is 32.9 Å². The van der Waals surface area contributed by atoms with Crippen LogP contribution in [0.5, 0.6) is 0 Å². The van der Waals surface area contributed by atoms with Crippen molar-refractivity contribution in [3.63, 3.8) is 0 Å². The zero-order valence-electron chi connectivity index (χ0n) is 11.4. The molecule has 1 aliphatic heterocycles. The van der Waals surface area contributed by atoms with Gasteiger partial charge in [-0.25, -0.2) is 9.67 Å². The van der Waals surface area contributed by atoms with Gasteiger partial charge >= 0.3 is 0 Å². The number of hydrogen-bond acceptors (Lipinski definition) is 4. The van der Waals surface area contributed by atoms with Crippen LogP contribution in [0.4, 0.5) is 11.4 Å². The van der Waals surface area contributed by atoms with E-state index in [1.807, 2.05) is 10.7 Å². The first kappa shape index (κ1) is 12.0. The summed E-state index contributed by atoms with van der Waals surface area (Å²) in [6.45, 7) is 6.06. The quantitative estimate of drug-likeness (QED) is 0.854. The lowest BCUT2D eigenvalue weighted by atomic mass is 10.1. The molecule has 100 valence electrons. The summed E-state index contributed by atoms with van der Waals surface area (Å²) in [6.07, 6.45) is 2.69. The second-order valence-corrected chi connectivity index (χ2v) is 5.27. The molecular formula is C14H19N5. The van der Waals surface area contributed by atoms with Crippen molar-refractivity contribution < 1.29 is 0 Å². The molecule has 0 atom stereocenters. The topological polar surface area (TPSA) is 60.0 Å². The fourth-order valence-corrected chi connectivity index (χ4v) is 2.64. The molecule has 0 unspecified atom stereocenters. The third-order valence-electron chi connectivity index (χ3n) is 3.56. The highest BCUT2D eigenvalue weighted by Crippen LogP contribution is 2.30. The van der Waals surface area contributed by atoms with Gasteiger partial charge in [-0.3, -0.25) is 0 Å². The highest BCUT2D eigenvalue weighted by atomic mass is 15.4. The van der Waals surface area contributed by atoms with E-state index in [-0.39, 0.29) is 0 Å². The second kappa shape index (κ2) is 4.57. The lowest BCUT2D eigenvalue weighted by Gasteiger charge is -2.20. The number of benzene rings is 1. The molecule has 0 aliphatic carbocycles. The number of hydrogen-bond donors (Lipinski definition) is 1. The minimum Gasteiger partial charge on any atom is -0.399 e. The van der Waals surface area contributed by atoms with Crippen LogP contribution in [0.15, 0.2) is 24.5 Å². The smallest absolute Gasteiger partial charge is 0.146 e. The molecule has 19 heavy (non-hydrogen) atoms. The number of nitrogen functional groups attached to an aromatic ring is 1. The van der Waals surface area contributed by atoms with Crippen LogP contribution in [0.1, 0.15) is 31.3 Å². The SMILES string of the molecule is CC(C)n1ncnc1CN1CCc2cc(N)ccc21. The summed E-state index contributed by atoms with van der Waals surface area (Å²) in [5, 5.41) is 4.29. The van der Waals surface area contributed by atoms with Crippen LogP contribution in [-0.4, -0.2) is 21.3 Å². The van der Waals surface area contributed by atoms with Crippen LogP contribution >= 0.6 is 0 Å². The van der Waals surface area contributed by atoms with Crippen molar-refractivity contribution in [2.75, 3.05) is 17.2 Å². The summed E-state index contributed by atoms with van der Waals surface area (Å²) >= 11 is 0. The minimum absolute atomic E-state index is 0.339. The molecule has 2 N–H and O–H groups in total. The van der Waals surface area contributed by atoms with Gasteiger partial charge in [0.25, 0.3) is 0 Å². The standard InChI is InChI=1S/C14H19N5/c1-10(2)19-14(16-9-17-19)8-18-6-5-11-7-12(15)3-4-13(11)18/h3-4,7,9-10H,5-6,8,15H2,1-2H3. The predicted octanol–water partition coefficient (Wildman–Crippen LogP) is 2.00. The van der Waals surface area contributed by atoms with Gasteiger partial charge in [0.15, 0.2) is 0 Å². The van der Waals surface area contributed by atoms with Crippen molar-refractivity contribution in [2.24, 2.45) is 0 Å². The molecule has 0 radical (unpaired) electrons. The summed E-state index contributed by atoms with van der Waals surface area (Å²) in [5.74, 6) is 1.01. The maximum absolute atomic E-state index is 5.83. The Morgan fingerprint density at radius 3 is 3.00 bits per heavy atom. The van der Waals surface area contributed by atoms with Crippen LogP contribution in [0, 0.1) is 0 Å². The van der Waals surface area contributed by atoms with Crippen molar-refractivity contribution >= 4 is 11.4 Å². The molecule has 0 spiro atoms. The van der Waals surface area contributed by atoms with Crippen LogP contribution in [0.2, 0.25) is 0 Å². The van der Waals surface area contributed by atoms with E-state index in [1.54, 1.807) is 6.33 Å². The molecule has 5 nitrogen and oxygen atoms in total. The van der Waals surface area contributed by atoms with E-state index in [1.165, 1.54) is 11.3 Å². The Labute approximate surface area is 113 Å². The highest BCUT2D eigenvalue weighted by molar-refractivity contribution is 5.62. The van der Waals surface area contributed by atoms with Crippen molar-refractivity contribution in [3.05, 3.63) is 35.9 Å². The van der Waals surface area contributed by atoms with Gasteiger partial charge in [-0.2, -0.15) is 5.10 Å². The number of rotatable bonds is 3. The summed E-state index contributed by atoms with van der Waals surface area (Å²) in [7, 11) is 0. The molecule has 3 rings (SSSR count). The third-order valence-corrected chi connectivity index (χ3v) is 3.56. The first-order chi connectivity index (χ1) is 9.15. The number of anilines is 2. The summed E-state index contributed by atoms with van der Waals surface area (Å²) in [6, 6.07) is 6.48. The Hall–Kier alpha value is -2.04. The van der Waals surface area contributed by atoms with E-state index in [9.17, 15) is 0 Å². The summed E-state index contributed by atoms with van der Waals surface area (Å²) in [5.41, 5.74) is 9.27. The zero-order valence-corrected chi connectivity index (χ0v) is 11.4. The van der Waals surface area contributed by atoms with Gasteiger partial charge in [-0.15, -0.1) is 0 Å². The molecule has 0 bridgehead atoms. The molecule has 1 aromatic carbocycles. The minimum atomic E-state index is 0.339. The Bertz CT molecular complexity index is 587. The zero-order chi connectivity index (χ0) is 13.4. The van der Waals surface area contributed by atoms with Gasteiger partial charge in [0, 0.05) is 24.0 Å². The second-order valence-electron chi connectivity index (χ2n) is 5.27. The molecule has 5 heteroatoms. The average molecular weight is 257 g/mol. The van der Waals surface area contributed by atoms with Crippen LogP contribution < -0.4 is 10.6 Å². The molecule has 1 aliphatic rings. The van der Waals surface area contributed by atoms with E-state index in [4.69, 9.17) is 5.73 Å². The van der Waals surface area contributed by atoms with Gasteiger partial charge < -0.3 is 10.6 Å². The normalized spacial score (nSPS) is 14.2. The number of nitrogens with two attached hydrogens (primary N) is 1. The largest absolute Gasteiger partial charge is 0.399 e. The molecule has 0 fully saturated rings. The van der Waals surface area contributed by atoms with Gasteiger partial charge in [-0.1, -0.05) is 0 Å². The molecule has 2 heterocycles. The summed E-state index contributed by atoms with van der Waals surface area (Å²) < 4.78 is 1.98. The lowest BCUT2D eigenvalue weighted by molar-refractivity contribution is 0.502. The maximum atomic E-state index is 5.83. The Balaban J connectivity index is 1.85. The van der Waals surface area contributed by atoms with Crippen LogP contribution in [0.25, 0.3) is 0 Å². The maximum Gasteiger partial charge on any atom is 0.146 e. The van der Waals surface area contributed by atoms with E-state index < -0.39 is 0 Å². The Kier molecular flexibility index (Phi) is 2.89. The monoisotopic (exact) mass is 257 g/mol. The van der Waals surface area contributed by atoms with E-state index >= 15 is 0 Å². The van der Waals surface area contributed by atoms with Gasteiger partial charge in [0.1, 0.15) is 12.2 Å². The fourth-order valence-electron chi connectivity index (χ4n) is 2.64. The van der Waals surface area contributed by atoms with Crippen molar-refractivity contribution in [1.82, 2.24) is 14.8 Å². The molecule has 1 aromatic heterocycles. The molecule has 2 aromatic rings. The van der Waals surface area contributed by atoms with Crippen molar-refractivity contribution in [3.8, 4) is 0 Å². The summed E-state index contributed by atoms with van der Waals surface area (Å²) in [4.78, 5) is 6.72. The number of aromatic nitrogens is 3. The highest BCUT2D eigenvalue weighted by Gasteiger charge is 2.21. The van der Waals surface area contributed by atoms with E-state index in [2.05, 4.69) is 41.0 Å². The first-order valence-electron chi connectivity index (χ1n) is 6.67.